The first kappa shape index (κ1) is 10.3. The molecule has 0 saturated carbocycles. The van der Waals surface area contributed by atoms with E-state index in [0.717, 1.165) is 9.13 Å². The van der Waals surface area contributed by atoms with Crippen LogP contribution in [0.25, 0.3) is 0 Å². The zero-order chi connectivity index (χ0) is 10.5. The van der Waals surface area contributed by atoms with E-state index in [1.807, 2.05) is 12.1 Å². The number of hydrogen-bond donors (Lipinski definition) is 0. The lowest BCUT2D eigenvalue weighted by Crippen LogP contribution is -1.99. The van der Waals surface area contributed by atoms with Gasteiger partial charge in [-0.1, -0.05) is 6.07 Å². The molecule has 0 N–H and O–H groups in total. The molecule has 0 aromatic carbocycles. The number of pyridine rings is 1. The monoisotopic (exact) mass is 313 g/mol. The highest BCUT2D eigenvalue weighted by Crippen LogP contribution is 2.07. The van der Waals surface area contributed by atoms with E-state index in [1.54, 1.807) is 24.8 Å². The Kier molecular flexibility index (Phi) is 3.44. The van der Waals surface area contributed by atoms with E-state index in [1.165, 1.54) is 0 Å². The Morgan fingerprint density at radius 1 is 1.20 bits per heavy atom. The van der Waals surface area contributed by atoms with Gasteiger partial charge in [0.25, 0.3) is 0 Å². The molecule has 0 aliphatic rings. The van der Waals surface area contributed by atoms with Gasteiger partial charge >= 0.3 is 6.01 Å². The van der Waals surface area contributed by atoms with Gasteiger partial charge in [-0.2, -0.15) is 0 Å². The predicted octanol–water partition coefficient (Wildman–Crippen LogP) is 2.06. The van der Waals surface area contributed by atoms with Crippen LogP contribution in [0.5, 0.6) is 6.01 Å². The molecule has 2 rings (SSSR count). The molecule has 0 saturated heterocycles. The summed E-state index contributed by atoms with van der Waals surface area (Å²) in [5, 5.41) is 0. The third-order valence-corrected chi connectivity index (χ3v) is 2.24. The van der Waals surface area contributed by atoms with E-state index >= 15 is 0 Å². The third kappa shape index (κ3) is 3.12. The lowest BCUT2D eigenvalue weighted by molar-refractivity contribution is 0.280. The van der Waals surface area contributed by atoms with E-state index in [-0.39, 0.29) is 0 Å². The molecule has 5 heteroatoms. The first-order valence-electron chi connectivity index (χ1n) is 4.34. The van der Waals surface area contributed by atoms with Gasteiger partial charge in [0, 0.05) is 33.9 Å². The molecule has 2 aromatic rings. The van der Waals surface area contributed by atoms with Gasteiger partial charge in [-0.3, -0.25) is 4.98 Å². The molecule has 0 atom stereocenters. The predicted molar refractivity (Wildman–Crippen MR) is 63.3 cm³/mol. The summed E-state index contributed by atoms with van der Waals surface area (Å²) in [5.74, 6) is 0. The molecular weight excluding hydrogens is 305 g/mol. The van der Waals surface area contributed by atoms with Crippen LogP contribution in [0.1, 0.15) is 5.56 Å². The number of nitrogens with zero attached hydrogens (tertiary/aromatic N) is 3. The minimum atomic E-state index is 0.388. The SMILES string of the molecule is Ic1cnc(OCc2cccnc2)nc1. The van der Waals surface area contributed by atoms with Gasteiger partial charge < -0.3 is 4.74 Å². The fourth-order valence-corrected chi connectivity index (χ4v) is 1.28. The van der Waals surface area contributed by atoms with Crippen molar-refractivity contribution in [1.29, 1.82) is 0 Å². The molecule has 0 bridgehead atoms. The van der Waals surface area contributed by atoms with Crippen molar-refractivity contribution in [1.82, 2.24) is 15.0 Å². The van der Waals surface area contributed by atoms with Crippen LogP contribution in [-0.4, -0.2) is 15.0 Å². The molecule has 0 aliphatic carbocycles. The second kappa shape index (κ2) is 5.01. The topological polar surface area (TPSA) is 47.9 Å². The summed E-state index contributed by atoms with van der Waals surface area (Å²) < 4.78 is 6.37. The number of hydrogen-bond acceptors (Lipinski definition) is 4. The van der Waals surface area contributed by atoms with E-state index in [2.05, 4.69) is 37.5 Å². The van der Waals surface area contributed by atoms with Crippen LogP contribution in [0.3, 0.4) is 0 Å². The number of ether oxygens (including phenoxy) is 1. The van der Waals surface area contributed by atoms with Gasteiger partial charge in [-0.15, -0.1) is 0 Å². The molecule has 0 aliphatic heterocycles. The van der Waals surface area contributed by atoms with Gasteiger partial charge in [-0.05, 0) is 28.7 Å². The van der Waals surface area contributed by atoms with Crippen LogP contribution in [0.15, 0.2) is 36.9 Å². The van der Waals surface area contributed by atoms with Crippen LogP contribution in [0.4, 0.5) is 0 Å². The first-order chi connectivity index (χ1) is 7.34. The van der Waals surface area contributed by atoms with Crippen molar-refractivity contribution in [3.63, 3.8) is 0 Å². The van der Waals surface area contributed by atoms with Crippen molar-refractivity contribution < 1.29 is 4.74 Å². The average Bonchev–Trinajstić information content (AvgIpc) is 2.30. The molecule has 0 spiro atoms. The Balaban J connectivity index is 1.96. The molecule has 0 amide bonds. The molecule has 0 radical (unpaired) electrons. The minimum Gasteiger partial charge on any atom is -0.459 e. The highest BCUT2D eigenvalue weighted by Gasteiger charge is 1.97. The molecular formula is C10H8IN3O. The normalized spacial score (nSPS) is 9.93. The maximum absolute atomic E-state index is 5.38. The van der Waals surface area contributed by atoms with E-state index in [9.17, 15) is 0 Å². The summed E-state index contributed by atoms with van der Waals surface area (Å²) in [6, 6.07) is 4.20. The summed E-state index contributed by atoms with van der Waals surface area (Å²) in [7, 11) is 0. The van der Waals surface area contributed by atoms with Gasteiger partial charge in [0.2, 0.25) is 0 Å². The fourth-order valence-electron chi connectivity index (χ4n) is 1.01. The second-order valence-electron chi connectivity index (χ2n) is 2.83. The molecule has 4 nitrogen and oxygen atoms in total. The summed E-state index contributed by atoms with van der Waals surface area (Å²) in [4.78, 5) is 12.1. The Morgan fingerprint density at radius 2 is 2.00 bits per heavy atom. The molecule has 0 unspecified atom stereocenters. The molecule has 2 aromatic heterocycles. The van der Waals surface area contributed by atoms with Gasteiger partial charge in [0.1, 0.15) is 6.61 Å². The Bertz CT molecular complexity index is 418. The van der Waals surface area contributed by atoms with E-state index < -0.39 is 0 Å². The quantitative estimate of drug-likeness (QED) is 0.814. The Hall–Kier alpha value is -1.24. The number of aromatic nitrogens is 3. The average molecular weight is 313 g/mol. The summed E-state index contributed by atoms with van der Waals surface area (Å²) in [5.41, 5.74) is 1.000. The highest BCUT2D eigenvalue weighted by atomic mass is 127. The smallest absolute Gasteiger partial charge is 0.316 e. The molecule has 2 heterocycles. The van der Waals surface area contributed by atoms with Crippen LogP contribution >= 0.6 is 22.6 Å². The zero-order valence-electron chi connectivity index (χ0n) is 7.80. The van der Waals surface area contributed by atoms with Crippen molar-refractivity contribution in [2.45, 2.75) is 6.61 Å². The molecule has 0 fully saturated rings. The zero-order valence-corrected chi connectivity index (χ0v) is 9.96. The van der Waals surface area contributed by atoms with E-state index in [4.69, 9.17) is 4.74 Å². The van der Waals surface area contributed by atoms with Crippen molar-refractivity contribution in [3.05, 3.63) is 46.1 Å². The number of halogens is 1. The Labute approximate surface area is 101 Å². The van der Waals surface area contributed by atoms with Gasteiger partial charge in [0.15, 0.2) is 0 Å². The molecule has 76 valence electrons. The standard InChI is InChI=1S/C10H8IN3O/c11-9-5-13-10(14-6-9)15-7-8-2-1-3-12-4-8/h1-6H,7H2. The van der Waals surface area contributed by atoms with Crippen LogP contribution in [-0.2, 0) is 6.61 Å². The summed E-state index contributed by atoms with van der Waals surface area (Å²) in [6.07, 6.45) is 6.91. The summed E-state index contributed by atoms with van der Waals surface area (Å²) in [6.45, 7) is 0.439. The van der Waals surface area contributed by atoms with Gasteiger partial charge in [0.05, 0.1) is 0 Å². The maximum Gasteiger partial charge on any atom is 0.316 e. The largest absolute Gasteiger partial charge is 0.459 e. The van der Waals surface area contributed by atoms with Crippen molar-refractivity contribution in [2.24, 2.45) is 0 Å². The second-order valence-corrected chi connectivity index (χ2v) is 4.08. The van der Waals surface area contributed by atoms with Crippen molar-refractivity contribution in [2.75, 3.05) is 0 Å². The first-order valence-corrected chi connectivity index (χ1v) is 5.42. The summed E-state index contributed by atoms with van der Waals surface area (Å²) >= 11 is 2.15. The fraction of sp³-hybridized carbons (Fsp3) is 0.100. The van der Waals surface area contributed by atoms with E-state index in [0.29, 0.717) is 12.6 Å². The lowest BCUT2D eigenvalue weighted by atomic mass is 10.3. The van der Waals surface area contributed by atoms with Crippen molar-refractivity contribution in [3.8, 4) is 6.01 Å². The highest BCUT2D eigenvalue weighted by molar-refractivity contribution is 14.1. The molecule has 15 heavy (non-hydrogen) atoms. The Morgan fingerprint density at radius 3 is 2.67 bits per heavy atom. The maximum atomic E-state index is 5.38. The van der Waals surface area contributed by atoms with Crippen LogP contribution < -0.4 is 4.74 Å². The number of rotatable bonds is 3. The van der Waals surface area contributed by atoms with Crippen LogP contribution in [0, 0.1) is 3.57 Å². The van der Waals surface area contributed by atoms with Gasteiger partial charge in [-0.25, -0.2) is 9.97 Å². The lowest BCUT2D eigenvalue weighted by Gasteiger charge is -2.02. The minimum absolute atomic E-state index is 0.388. The van der Waals surface area contributed by atoms with Crippen molar-refractivity contribution >= 4 is 22.6 Å². The third-order valence-electron chi connectivity index (χ3n) is 1.69. The van der Waals surface area contributed by atoms with Crippen LogP contribution in [0.2, 0.25) is 0 Å².